The van der Waals surface area contributed by atoms with E-state index in [1.165, 1.54) is 5.56 Å². The van der Waals surface area contributed by atoms with E-state index >= 15 is 0 Å². The third-order valence-corrected chi connectivity index (χ3v) is 6.25. The van der Waals surface area contributed by atoms with E-state index in [0.29, 0.717) is 25.0 Å². The van der Waals surface area contributed by atoms with Gasteiger partial charge in [0.05, 0.1) is 17.2 Å². The zero-order chi connectivity index (χ0) is 15.1. The lowest BCUT2D eigenvalue weighted by Crippen LogP contribution is -2.36. The van der Waals surface area contributed by atoms with Crippen LogP contribution in [-0.4, -0.2) is 39.3 Å². The first kappa shape index (κ1) is 14.4. The molecule has 2 saturated heterocycles. The van der Waals surface area contributed by atoms with Gasteiger partial charge in [0.1, 0.15) is 0 Å². The fraction of sp³-hybridized carbons (Fsp3) is 0.500. The number of thiazole rings is 1. The monoisotopic (exact) mass is 333 g/mol. The van der Waals surface area contributed by atoms with Crippen molar-refractivity contribution in [3.05, 3.63) is 38.5 Å². The molecule has 0 bridgehead atoms. The van der Waals surface area contributed by atoms with Crippen molar-refractivity contribution in [3.8, 4) is 0 Å². The molecule has 0 aliphatic carbocycles. The Hall–Kier alpha value is -1.24. The van der Waals surface area contributed by atoms with Crippen molar-refractivity contribution < 1.29 is 4.79 Å². The molecule has 2 aliphatic rings. The summed E-state index contributed by atoms with van der Waals surface area (Å²) in [5, 5.41) is 7.48. The summed E-state index contributed by atoms with van der Waals surface area (Å²) in [7, 11) is 0. The second-order valence-electron chi connectivity index (χ2n) is 6.11. The molecule has 4 nitrogen and oxygen atoms in total. The molecule has 2 aromatic heterocycles. The summed E-state index contributed by atoms with van der Waals surface area (Å²) in [5.41, 5.74) is 2.40. The third kappa shape index (κ3) is 2.59. The standard InChI is InChI=1S/C16H19N3OS2/c1-11-17-13(10-22-11)8-19-14-2-4-18(15(14)6-16(19)20)7-12-3-5-21-9-12/h3,5,9-10,14-15H,2,4,6-8H2,1H3/t14-,15+/m0/s1. The Morgan fingerprint density at radius 3 is 2.95 bits per heavy atom. The predicted molar refractivity (Wildman–Crippen MR) is 88.9 cm³/mol. The van der Waals surface area contributed by atoms with Crippen LogP contribution in [0, 0.1) is 6.92 Å². The molecule has 116 valence electrons. The zero-order valence-electron chi connectivity index (χ0n) is 12.6. The first-order valence-corrected chi connectivity index (χ1v) is 9.48. The third-order valence-electron chi connectivity index (χ3n) is 4.69. The number of thiophene rings is 1. The second kappa shape index (κ2) is 5.76. The van der Waals surface area contributed by atoms with Crippen molar-refractivity contribution in [1.82, 2.24) is 14.8 Å². The molecule has 0 N–H and O–H groups in total. The number of likely N-dealkylation sites (tertiary alicyclic amines) is 2. The molecular formula is C16H19N3OS2. The van der Waals surface area contributed by atoms with Crippen molar-refractivity contribution in [2.75, 3.05) is 6.54 Å². The Balaban J connectivity index is 1.47. The van der Waals surface area contributed by atoms with Crippen LogP contribution < -0.4 is 0 Å². The van der Waals surface area contributed by atoms with Crippen LogP contribution in [0.25, 0.3) is 0 Å². The van der Waals surface area contributed by atoms with E-state index in [9.17, 15) is 4.79 Å². The van der Waals surface area contributed by atoms with Gasteiger partial charge in [-0.3, -0.25) is 9.69 Å². The highest BCUT2D eigenvalue weighted by Crippen LogP contribution is 2.34. The van der Waals surface area contributed by atoms with E-state index in [1.54, 1.807) is 22.7 Å². The van der Waals surface area contributed by atoms with E-state index in [2.05, 4.69) is 37.0 Å². The van der Waals surface area contributed by atoms with Gasteiger partial charge in [0.2, 0.25) is 5.91 Å². The summed E-state index contributed by atoms with van der Waals surface area (Å²) in [4.78, 5) is 21.5. The molecule has 1 amide bonds. The minimum Gasteiger partial charge on any atom is -0.332 e. The molecule has 4 rings (SSSR count). The second-order valence-corrected chi connectivity index (χ2v) is 7.95. The van der Waals surface area contributed by atoms with E-state index in [0.717, 1.165) is 30.2 Å². The van der Waals surface area contributed by atoms with Crippen LogP contribution in [0.5, 0.6) is 0 Å². The van der Waals surface area contributed by atoms with E-state index in [4.69, 9.17) is 0 Å². The molecule has 2 atom stereocenters. The number of rotatable bonds is 4. The number of carbonyl (C=O) groups is 1. The lowest BCUT2D eigenvalue weighted by molar-refractivity contribution is -0.129. The van der Waals surface area contributed by atoms with Crippen molar-refractivity contribution in [1.29, 1.82) is 0 Å². The Morgan fingerprint density at radius 1 is 1.32 bits per heavy atom. The smallest absolute Gasteiger partial charge is 0.224 e. The van der Waals surface area contributed by atoms with Gasteiger partial charge in [-0.2, -0.15) is 11.3 Å². The molecule has 0 aromatic carbocycles. The van der Waals surface area contributed by atoms with Gasteiger partial charge >= 0.3 is 0 Å². The number of fused-ring (bicyclic) bond motifs is 1. The van der Waals surface area contributed by atoms with E-state index < -0.39 is 0 Å². The molecule has 0 saturated carbocycles. The molecule has 2 fully saturated rings. The Bertz CT molecular complexity index is 667. The highest BCUT2D eigenvalue weighted by molar-refractivity contribution is 7.09. The Kier molecular flexibility index (Phi) is 3.76. The minimum absolute atomic E-state index is 0.288. The minimum atomic E-state index is 0.288. The highest BCUT2D eigenvalue weighted by Gasteiger charge is 2.46. The van der Waals surface area contributed by atoms with Crippen LogP contribution in [-0.2, 0) is 17.9 Å². The summed E-state index contributed by atoms with van der Waals surface area (Å²) in [5.74, 6) is 0.288. The van der Waals surface area contributed by atoms with E-state index in [-0.39, 0.29) is 5.91 Å². The SMILES string of the molecule is Cc1nc(CN2C(=O)C[C@@H]3[C@@H]2CCN3Cc2ccsc2)cs1. The fourth-order valence-electron chi connectivity index (χ4n) is 3.68. The number of hydrogen-bond donors (Lipinski definition) is 0. The molecule has 0 spiro atoms. The number of aromatic nitrogens is 1. The van der Waals surface area contributed by atoms with Crippen LogP contribution in [0.3, 0.4) is 0 Å². The van der Waals surface area contributed by atoms with Gasteiger partial charge in [0, 0.05) is 37.0 Å². The number of hydrogen-bond acceptors (Lipinski definition) is 5. The van der Waals surface area contributed by atoms with Crippen molar-refractivity contribution >= 4 is 28.6 Å². The Morgan fingerprint density at radius 2 is 2.23 bits per heavy atom. The summed E-state index contributed by atoms with van der Waals surface area (Å²) in [6, 6.07) is 2.94. The van der Waals surface area contributed by atoms with Crippen LogP contribution in [0.1, 0.15) is 29.1 Å². The number of carbonyl (C=O) groups excluding carboxylic acids is 1. The zero-order valence-corrected chi connectivity index (χ0v) is 14.2. The Labute approximate surface area is 138 Å². The molecule has 0 radical (unpaired) electrons. The summed E-state index contributed by atoms with van der Waals surface area (Å²) < 4.78 is 0. The van der Waals surface area contributed by atoms with Crippen molar-refractivity contribution in [2.24, 2.45) is 0 Å². The maximum atomic E-state index is 12.4. The lowest BCUT2D eigenvalue weighted by Gasteiger charge is -2.24. The summed E-state index contributed by atoms with van der Waals surface area (Å²) >= 11 is 3.40. The molecule has 6 heteroatoms. The first-order chi connectivity index (χ1) is 10.7. The molecule has 22 heavy (non-hydrogen) atoms. The topological polar surface area (TPSA) is 36.4 Å². The molecule has 2 aromatic rings. The average Bonchev–Trinajstić information content (AvgIpc) is 3.23. The van der Waals surface area contributed by atoms with Gasteiger partial charge in [-0.1, -0.05) is 0 Å². The predicted octanol–water partition coefficient (Wildman–Crippen LogP) is 2.89. The largest absolute Gasteiger partial charge is 0.332 e. The van der Waals surface area contributed by atoms with Crippen LogP contribution in [0.4, 0.5) is 0 Å². The number of amides is 1. The molecular weight excluding hydrogens is 314 g/mol. The maximum Gasteiger partial charge on any atom is 0.224 e. The first-order valence-electron chi connectivity index (χ1n) is 7.66. The molecule has 2 aliphatic heterocycles. The van der Waals surface area contributed by atoms with E-state index in [1.807, 2.05) is 6.92 Å². The van der Waals surface area contributed by atoms with Gasteiger partial charge in [-0.05, 0) is 35.7 Å². The van der Waals surface area contributed by atoms with Gasteiger partial charge in [-0.15, -0.1) is 11.3 Å². The normalized spacial score (nSPS) is 25.1. The van der Waals surface area contributed by atoms with Gasteiger partial charge < -0.3 is 4.90 Å². The summed E-state index contributed by atoms with van der Waals surface area (Å²) in [6.45, 7) is 4.75. The summed E-state index contributed by atoms with van der Waals surface area (Å²) in [6.07, 6.45) is 1.75. The van der Waals surface area contributed by atoms with Crippen molar-refractivity contribution in [2.45, 2.75) is 44.9 Å². The maximum absolute atomic E-state index is 12.4. The molecule has 4 heterocycles. The van der Waals surface area contributed by atoms with Gasteiger partial charge in [-0.25, -0.2) is 4.98 Å². The number of nitrogens with zero attached hydrogens (tertiary/aromatic N) is 3. The van der Waals surface area contributed by atoms with Crippen molar-refractivity contribution in [3.63, 3.8) is 0 Å². The van der Waals surface area contributed by atoms with Crippen LogP contribution >= 0.6 is 22.7 Å². The average molecular weight is 333 g/mol. The van der Waals surface area contributed by atoms with Crippen LogP contribution in [0.15, 0.2) is 22.2 Å². The molecule has 0 unspecified atom stereocenters. The highest BCUT2D eigenvalue weighted by atomic mass is 32.1. The van der Waals surface area contributed by atoms with Gasteiger partial charge in [0.15, 0.2) is 0 Å². The van der Waals surface area contributed by atoms with Crippen LogP contribution in [0.2, 0.25) is 0 Å². The fourth-order valence-corrected chi connectivity index (χ4v) is 4.95. The van der Waals surface area contributed by atoms with Gasteiger partial charge in [0.25, 0.3) is 0 Å². The quantitative estimate of drug-likeness (QED) is 0.863. The number of aryl methyl sites for hydroxylation is 1. The lowest BCUT2D eigenvalue weighted by atomic mass is 10.1.